The predicted molar refractivity (Wildman–Crippen MR) is 46.4 cm³/mol. The van der Waals surface area contributed by atoms with Gasteiger partial charge in [0.1, 0.15) is 24.4 Å². The molecular weight excluding hydrogens is 248 g/mol. The standard InChI is InChI=1S/C6H12O9S/c7-3-2(1-14-16(11,12)13)15-6(10)5(9)4(3)8/h2-10H,1H2,(H,11,12,13)/t2-,3+,4-,5+,6?/m1/s1. The zero-order chi connectivity index (χ0) is 12.5. The first kappa shape index (κ1) is 13.7. The van der Waals surface area contributed by atoms with E-state index < -0.39 is 47.7 Å². The Kier molecular flexibility index (Phi) is 4.20. The van der Waals surface area contributed by atoms with Gasteiger partial charge in [-0.1, -0.05) is 0 Å². The van der Waals surface area contributed by atoms with Gasteiger partial charge in [0.25, 0.3) is 0 Å². The van der Waals surface area contributed by atoms with Gasteiger partial charge < -0.3 is 25.2 Å². The molecule has 9 nitrogen and oxygen atoms in total. The van der Waals surface area contributed by atoms with Crippen molar-refractivity contribution in [2.45, 2.75) is 30.7 Å². The van der Waals surface area contributed by atoms with E-state index in [1.807, 2.05) is 0 Å². The van der Waals surface area contributed by atoms with Crippen LogP contribution in [0.4, 0.5) is 0 Å². The monoisotopic (exact) mass is 260 g/mol. The van der Waals surface area contributed by atoms with Gasteiger partial charge in [0.15, 0.2) is 6.29 Å². The Balaban J connectivity index is 2.61. The third kappa shape index (κ3) is 3.33. The van der Waals surface area contributed by atoms with E-state index in [1.54, 1.807) is 0 Å². The van der Waals surface area contributed by atoms with E-state index in [4.69, 9.17) is 14.8 Å². The topological polar surface area (TPSA) is 154 Å². The SMILES string of the molecule is O=S(=O)(O)OC[C@H]1OC(O)[C@@H](O)[C@H](O)[C@H]1O. The molecule has 1 saturated heterocycles. The fourth-order valence-corrected chi connectivity index (χ4v) is 1.53. The summed E-state index contributed by atoms with van der Waals surface area (Å²) in [6, 6.07) is 0. The third-order valence-electron chi connectivity index (χ3n) is 2.07. The summed E-state index contributed by atoms with van der Waals surface area (Å²) in [5.74, 6) is 0. The molecule has 0 aliphatic carbocycles. The lowest BCUT2D eigenvalue weighted by Crippen LogP contribution is -2.58. The largest absolute Gasteiger partial charge is 0.397 e. The van der Waals surface area contributed by atoms with Gasteiger partial charge in [-0.3, -0.25) is 4.55 Å². The van der Waals surface area contributed by atoms with Crippen LogP contribution in [0, 0.1) is 0 Å². The van der Waals surface area contributed by atoms with Crippen LogP contribution >= 0.6 is 0 Å². The van der Waals surface area contributed by atoms with E-state index in [9.17, 15) is 18.6 Å². The summed E-state index contributed by atoms with van der Waals surface area (Å²) in [4.78, 5) is 0. The van der Waals surface area contributed by atoms with Crippen molar-refractivity contribution in [3.63, 3.8) is 0 Å². The molecule has 0 amide bonds. The molecule has 0 aromatic rings. The lowest BCUT2D eigenvalue weighted by molar-refractivity contribution is -0.285. The van der Waals surface area contributed by atoms with Gasteiger partial charge in [-0.25, -0.2) is 4.18 Å². The molecule has 96 valence electrons. The fraction of sp³-hybridized carbons (Fsp3) is 1.00. The molecule has 0 bridgehead atoms. The highest BCUT2D eigenvalue weighted by Gasteiger charge is 2.43. The maximum absolute atomic E-state index is 10.2. The minimum absolute atomic E-state index is 0.805. The van der Waals surface area contributed by atoms with E-state index in [1.165, 1.54) is 0 Å². The lowest BCUT2D eigenvalue weighted by Gasteiger charge is -2.37. The van der Waals surface area contributed by atoms with Crippen LogP contribution in [0.3, 0.4) is 0 Å². The zero-order valence-corrected chi connectivity index (χ0v) is 8.69. The smallest absolute Gasteiger partial charge is 0.387 e. The number of ether oxygens (including phenoxy) is 1. The van der Waals surface area contributed by atoms with Crippen LogP contribution in [-0.2, 0) is 19.3 Å². The molecule has 1 unspecified atom stereocenters. The first-order valence-corrected chi connectivity index (χ1v) is 5.58. The minimum Gasteiger partial charge on any atom is -0.387 e. The van der Waals surface area contributed by atoms with Crippen molar-refractivity contribution in [2.24, 2.45) is 0 Å². The first-order valence-electron chi connectivity index (χ1n) is 4.22. The second kappa shape index (κ2) is 4.89. The average molecular weight is 260 g/mol. The Hall–Kier alpha value is -0.330. The molecule has 1 aliphatic heterocycles. The molecule has 0 saturated carbocycles. The summed E-state index contributed by atoms with van der Waals surface area (Å²) in [6.45, 7) is -0.805. The van der Waals surface area contributed by atoms with Crippen molar-refractivity contribution >= 4 is 10.4 Å². The van der Waals surface area contributed by atoms with Gasteiger partial charge in [-0.05, 0) is 0 Å². The number of aliphatic hydroxyl groups is 4. The quantitative estimate of drug-likeness (QED) is 0.327. The highest BCUT2D eigenvalue weighted by atomic mass is 32.3. The Bertz CT molecular complexity index is 327. The van der Waals surface area contributed by atoms with E-state index >= 15 is 0 Å². The molecule has 10 heteroatoms. The Morgan fingerprint density at radius 3 is 2.12 bits per heavy atom. The molecule has 1 heterocycles. The molecule has 1 rings (SSSR count). The van der Waals surface area contributed by atoms with Crippen LogP contribution in [0.2, 0.25) is 0 Å². The van der Waals surface area contributed by atoms with E-state index in [0.29, 0.717) is 0 Å². The summed E-state index contributed by atoms with van der Waals surface area (Å²) < 4.78 is 37.2. The van der Waals surface area contributed by atoms with Gasteiger partial charge in [-0.15, -0.1) is 0 Å². The lowest BCUT2D eigenvalue weighted by atomic mass is 10.00. The number of hydrogen-bond acceptors (Lipinski definition) is 8. The normalized spacial score (nSPS) is 40.9. The summed E-state index contributed by atoms with van der Waals surface area (Å²) in [5.41, 5.74) is 0. The van der Waals surface area contributed by atoms with Crippen LogP contribution in [0.25, 0.3) is 0 Å². The number of hydrogen-bond donors (Lipinski definition) is 5. The van der Waals surface area contributed by atoms with Crippen LogP contribution < -0.4 is 0 Å². The molecule has 5 atom stereocenters. The molecule has 0 aromatic carbocycles. The van der Waals surface area contributed by atoms with Crippen LogP contribution in [0.5, 0.6) is 0 Å². The van der Waals surface area contributed by atoms with Crippen molar-refractivity contribution in [1.82, 2.24) is 0 Å². The maximum atomic E-state index is 10.2. The van der Waals surface area contributed by atoms with Crippen LogP contribution in [0.15, 0.2) is 0 Å². The Morgan fingerprint density at radius 2 is 1.62 bits per heavy atom. The predicted octanol–water partition coefficient (Wildman–Crippen LogP) is -3.39. The van der Waals surface area contributed by atoms with Gasteiger partial charge >= 0.3 is 10.4 Å². The summed E-state index contributed by atoms with van der Waals surface area (Å²) in [7, 11) is -4.71. The molecule has 0 aromatic heterocycles. The maximum Gasteiger partial charge on any atom is 0.397 e. The third-order valence-corrected chi connectivity index (χ3v) is 2.50. The van der Waals surface area contributed by atoms with Crippen molar-refractivity contribution < 1.29 is 42.3 Å². The van der Waals surface area contributed by atoms with E-state index in [0.717, 1.165) is 0 Å². The molecule has 16 heavy (non-hydrogen) atoms. The van der Waals surface area contributed by atoms with Crippen LogP contribution in [-0.4, -0.2) is 70.7 Å². The Morgan fingerprint density at radius 1 is 1.06 bits per heavy atom. The average Bonchev–Trinajstić information content (AvgIpc) is 2.17. The van der Waals surface area contributed by atoms with Gasteiger partial charge in [-0.2, -0.15) is 8.42 Å². The van der Waals surface area contributed by atoms with Gasteiger partial charge in [0.05, 0.1) is 6.61 Å². The summed E-state index contributed by atoms with van der Waals surface area (Å²) >= 11 is 0. The zero-order valence-electron chi connectivity index (χ0n) is 7.87. The minimum atomic E-state index is -4.71. The Labute approximate surface area is 90.8 Å². The fourth-order valence-electron chi connectivity index (χ4n) is 1.22. The molecule has 0 radical (unpaired) electrons. The second-order valence-electron chi connectivity index (χ2n) is 3.25. The number of aliphatic hydroxyl groups excluding tert-OH is 4. The molecular formula is C6H12O9S. The highest BCUT2D eigenvalue weighted by molar-refractivity contribution is 7.80. The summed E-state index contributed by atoms with van der Waals surface area (Å²) in [5, 5.41) is 36.7. The molecule has 0 spiro atoms. The van der Waals surface area contributed by atoms with Crippen LogP contribution in [0.1, 0.15) is 0 Å². The van der Waals surface area contributed by atoms with Crippen molar-refractivity contribution in [2.75, 3.05) is 6.61 Å². The van der Waals surface area contributed by atoms with E-state index in [-0.39, 0.29) is 0 Å². The van der Waals surface area contributed by atoms with E-state index in [2.05, 4.69) is 8.92 Å². The van der Waals surface area contributed by atoms with Crippen molar-refractivity contribution in [1.29, 1.82) is 0 Å². The van der Waals surface area contributed by atoms with Crippen molar-refractivity contribution in [3.05, 3.63) is 0 Å². The molecule has 1 fully saturated rings. The molecule has 1 aliphatic rings. The van der Waals surface area contributed by atoms with Gasteiger partial charge in [0, 0.05) is 0 Å². The molecule has 5 N–H and O–H groups in total. The number of rotatable bonds is 3. The second-order valence-corrected chi connectivity index (χ2v) is 4.34. The summed E-state index contributed by atoms with van der Waals surface area (Å²) in [6.07, 6.45) is -8.25. The highest BCUT2D eigenvalue weighted by Crippen LogP contribution is 2.20. The van der Waals surface area contributed by atoms with Gasteiger partial charge in [0.2, 0.25) is 0 Å². The first-order chi connectivity index (χ1) is 7.22. The van der Waals surface area contributed by atoms with Crippen molar-refractivity contribution in [3.8, 4) is 0 Å².